The van der Waals surface area contributed by atoms with Gasteiger partial charge >= 0.3 is 0 Å². The van der Waals surface area contributed by atoms with Crippen LogP contribution < -0.4 is 0 Å². The predicted molar refractivity (Wildman–Crippen MR) is 49.0 cm³/mol. The molecule has 0 aliphatic carbocycles. The van der Waals surface area contributed by atoms with Crippen LogP contribution in [0.25, 0.3) is 0 Å². The van der Waals surface area contributed by atoms with Crippen molar-refractivity contribution in [3.8, 4) is 0 Å². The predicted octanol–water partition coefficient (Wildman–Crippen LogP) is 1.28. The second-order valence-corrected chi connectivity index (χ2v) is 3.05. The summed E-state index contributed by atoms with van der Waals surface area (Å²) in [6.45, 7) is 7.14. The number of carbonyl (C=O) groups excluding carboxylic acids is 1. The van der Waals surface area contributed by atoms with Crippen molar-refractivity contribution in [1.29, 1.82) is 0 Å². The van der Waals surface area contributed by atoms with Gasteiger partial charge in [-0.3, -0.25) is 4.79 Å². The highest BCUT2D eigenvalue weighted by Crippen LogP contribution is 1.97. The van der Waals surface area contributed by atoms with Crippen LogP contribution in [-0.2, 0) is 9.53 Å². The Morgan fingerprint density at radius 3 is 2.50 bits per heavy atom. The first-order valence-corrected chi connectivity index (χ1v) is 4.43. The van der Waals surface area contributed by atoms with Crippen molar-refractivity contribution in [3.63, 3.8) is 0 Å². The van der Waals surface area contributed by atoms with Crippen LogP contribution in [0.5, 0.6) is 0 Å². The normalized spacial score (nSPS) is 10.4. The number of hydrogen-bond acceptors (Lipinski definition) is 2. The molecule has 0 bridgehead atoms. The standard InChI is InChI=1S/C9H19NO2/c1-5-12-7-6-9(11)10(4)8(2)3/h8H,5-7H2,1-4H3. The number of rotatable bonds is 5. The van der Waals surface area contributed by atoms with Gasteiger partial charge in [-0.25, -0.2) is 0 Å². The van der Waals surface area contributed by atoms with Crippen LogP contribution in [0.4, 0.5) is 0 Å². The summed E-state index contributed by atoms with van der Waals surface area (Å²) >= 11 is 0. The molecule has 0 heterocycles. The van der Waals surface area contributed by atoms with E-state index in [0.717, 1.165) is 0 Å². The largest absolute Gasteiger partial charge is 0.381 e. The second-order valence-electron chi connectivity index (χ2n) is 3.05. The van der Waals surface area contributed by atoms with Gasteiger partial charge in [-0.05, 0) is 20.8 Å². The lowest BCUT2D eigenvalue weighted by Crippen LogP contribution is -2.33. The zero-order valence-corrected chi connectivity index (χ0v) is 8.46. The van der Waals surface area contributed by atoms with Crippen LogP contribution in [-0.4, -0.2) is 37.1 Å². The Hall–Kier alpha value is -0.570. The molecule has 0 aromatic heterocycles. The minimum atomic E-state index is 0.151. The van der Waals surface area contributed by atoms with E-state index in [4.69, 9.17) is 4.74 Å². The van der Waals surface area contributed by atoms with Crippen molar-refractivity contribution in [2.75, 3.05) is 20.3 Å². The highest BCUT2D eigenvalue weighted by atomic mass is 16.5. The minimum absolute atomic E-state index is 0.151. The monoisotopic (exact) mass is 173 g/mol. The molecular weight excluding hydrogens is 154 g/mol. The van der Waals surface area contributed by atoms with E-state index in [1.165, 1.54) is 0 Å². The van der Waals surface area contributed by atoms with E-state index in [-0.39, 0.29) is 11.9 Å². The molecule has 3 nitrogen and oxygen atoms in total. The summed E-state index contributed by atoms with van der Waals surface area (Å²) in [5.74, 6) is 0.151. The lowest BCUT2D eigenvalue weighted by atomic mass is 10.3. The van der Waals surface area contributed by atoms with Crippen LogP contribution >= 0.6 is 0 Å². The molecule has 3 heteroatoms. The zero-order valence-electron chi connectivity index (χ0n) is 8.46. The third-order valence-corrected chi connectivity index (χ3v) is 1.83. The molecule has 0 saturated heterocycles. The quantitative estimate of drug-likeness (QED) is 0.586. The van der Waals surface area contributed by atoms with Crippen molar-refractivity contribution in [2.24, 2.45) is 0 Å². The summed E-state index contributed by atoms with van der Waals surface area (Å²) in [5, 5.41) is 0. The lowest BCUT2D eigenvalue weighted by Gasteiger charge is -2.21. The van der Waals surface area contributed by atoms with Gasteiger partial charge in [0.05, 0.1) is 13.0 Å². The van der Waals surface area contributed by atoms with Crippen molar-refractivity contribution in [2.45, 2.75) is 33.2 Å². The Balaban J connectivity index is 3.57. The highest BCUT2D eigenvalue weighted by Gasteiger charge is 2.10. The topological polar surface area (TPSA) is 29.5 Å². The van der Waals surface area contributed by atoms with E-state index in [9.17, 15) is 4.79 Å². The molecule has 12 heavy (non-hydrogen) atoms. The molecule has 1 amide bonds. The average Bonchev–Trinajstić information content (AvgIpc) is 2.03. The maximum Gasteiger partial charge on any atom is 0.224 e. The van der Waals surface area contributed by atoms with Crippen molar-refractivity contribution < 1.29 is 9.53 Å². The van der Waals surface area contributed by atoms with Gasteiger partial charge in [-0.2, -0.15) is 0 Å². The molecule has 0 aliphatic rings. The van der Waals surface area contributed by atoms with Gasteiger partial charge < -0.3 is 9.64 Å². The molecule has 0 aromatic carbocycles. The maximum atomic E-state index is 11.3. The highest BCUT2D eigenvalue weighted by molar-refractivity contribution is 5.76. The van der Waals surface area contributed by atoms with Gasteiger partial charge in [0.2, 0.25) is 5.91 Å². The van der Waals surface area contributed by atoms with E-state index in [2.05, 4.69) is 0 Å². The fraction of sp³-hybridized carbons (Fsp3) is 0.889. The van der Waals surface area contributed by atoms with Crippen LogP contribution in [0.1, 0.15) is 27.2 Å². The Morgan fingerprint density at radius 2 is 2.08 bits per heavy atom. The van der Waals surface area contributed by atoms with Crippen molar-refractivity contribution in [1.82, 2.24) is 4.90 Å². The molecule has 0 fully saturated rings. The summed E-state index contributed by atoms with van der Waals surface area (Å²) in [4.78, 5) is 13.0. The van der Waals surface area contributed by atoms with Gasteiger partial charge in [0.15, 0.2) is 0 Å². The first kappa shape index (κ1) is 11.4. The molecule has 0 saturated carbocycles. The smallest absolute Gasteiger partial charge is 0.224 e. The van der Waals surface area contributed by atoms with Crippen molar-refractivity contribution >= 4 is 5.91 Å². The van der Waals surface area contributed by atoms with E-state index in [1.54, 1.807) is 4.90 Å². The summed E-state index contributed by atoms with van der Waals surface area (Å²) in [6, 6.07) is 0.277. The Kier molecular flexibility index (Phi) is 5.72. The Labute approximate surface area is 74.7 Å². The summed E-state index contributed by atoms with van der Waals surface area (Å²) in [6.07, 6.45) is 0.489. The van der Waals surface area contributed by atoms with E-state index < -0.39 is 0 Å². The van der Waals surface area contributed by atoms with Gasteiger partial charge in [-0.15, -0.1) is 0 Å². The average molecular weight is 173 g/mol. The third kappa shape index (κ3) is 4.34. The van der Waals surface area contributed by atoms with E-state index in [1.807, 2.05) is 27.8 Å². The van der Waals surface area contributed by atoms with E-state index >= 15 is 0 Å². The van der Waals surface area contributed by atoms with Gasteiger partial charge in [-0.1, -0.05) is 0 Å². The Morgan fingerprint density at radius 1 is 1.50 bits per heavy atom. The third-order valence-electron chi connectivity index (χ3n) is 1.83. The molecule has 0 aliphatic heterocycles. The molecule has 0 rings (SSSR count). The number of carbonyl (C=O) groups is 1. The molecular formula is C9H19NO2. The molecule has 0 atom stereocenters. The maximum absolute atomic E-state index is 11.3. The number of ether oxygens (including phenoxy) is 1. The summed E-state index contributed by atoms with van der Waals surface area (Å²) < 4.78 is 5.09. The van der Waals surface area contributed by atoms with Gasteiger partial charge in [0.1, 0.15) is 0 Å². The van der Waals surface area contributed by atoms with Crippen LogP contribution in [0.3, 0.4) is 0 Å². The molecule has 0 spiro atoms. The zero-order chi connectivity index (χ0) is 9.56. The van der Waals surface area contributed by atoms with Crippen molar-refractivity contribution in [3.05, 3.63) is 0 Å². The Bertz CT molecular complexity index is 134. The van der Waals surface area contributed by atoms with Gasteiger partial charge in [0, 0.05) is 19.7 Å². The summed E-state index contributed by atoms with van der Waals surface area (Å²) in [5.41, 5.74) is 0. The second kappa shape index (κ2) is 6.00. The first-order valence-electron chi connectivity index (χ1n) is 4.43. The minimum Gasteiger partial charge on any atom is -0.381 e. The summed E-state index contributed by atoms with van der Waals surface area (Å²) in [7, 11) is 1.82. The molecule has 0 unspecified atom stereocenters. The molecule has 0 radical (unpaired) electrons. The molecule has 0 N–H and O–H groups in total. The molecule has 0 aromatic rings. The van der Waals surface area contributed by atoms with Crippen LogP contribution in [0.2, 0.25) is 0 Å². The first-order chi connectivity index (χ1) is 5.59. The number of hydrogen-bond donors (Lipinski definition) is 0. The lowest BCUT2D eigenvalue weighted by molar-refractivity contribution is -0.132. The van der Waals surface area contributed by atoms with Crippen LogP contribution in [0, 0.1) is 0 Å². The number of amides is 1. The van der Waals surface area contributed by atoms with Gasteiger partial charge in [0.25, 0.3) is 0 Å². The molecule has 72 valence electrons. The fourth-order valence-electron chi connectivity index (χ4n) is 0.768. The fourth-order valence-corrected chi connectivity index (χ4v) is 0.768. The van der Waals surface area contributed by atoms with Crippen LogP contribution in [0.15, 0.2) is 0 Å². The van der Waals surface area contributed by atoms with E-state index in [0.29, 0.717) is 19.6 Å². The number of nitrogens with zero attached hydrogens (tertiary/aromatic N) is 1. The SMILES string of the molecule is CCOCCC(=O)N(C)C(C)C.